The van der Waals surface area contributed by atoms with Crippen molar-refractivity contribution in [2.45, 2.75) is 25.9 Å². The number of hydrogen-bond acceptors (Lipinski definition) is 3. The Bertz CT molecular complexity index is 380. The zero-order valence-corrected chi connectivity index (χ0v) is 10.3. The Kier molecular flexibility index (Phi) is 4.13. The Morgan fingerprint density at radius 3 is 3.06 bits per heavy atom. The second-order valence-electron chi connectivity index (χ2n) is 3.70. The molecule has 16 heavy (non-hydrogen) atoms. The normalized spacial score (nSPS) is 12.8. The topological polar surface area (TPSA) is 29.9 Å². The summed E-state index contributed by atoms with van der Waals surface area (Å²) in [6.07, 6.45) is 4.93. The van der Waals surface area contributed by atoms with Crippen LogP contribution < -0.4 is 5.32 Å². The van der Waals surface area contributed by atoms with Crippen molar-refractivity contribution in [3.8, 4) is 0 Å². The summed E-state index contributed by atoms with van der Waals surface area (Å²) in [5.41, 5.74) is 0. The van der Waals surface area contributed by atoms with Crippen molar-refractivity contribution < 1.29 is 0 Å². The van der Waals surface area contributed by atoms with E-state index in [-0.39, 0.29) is 0 Å². The van der Waals surface area contributed by atoms with E-state index in [1.807, 2.05) is 34.5 Å². The van der Waals surface area contributed by atoms with Crippen molar-refractivity contribution in [1.29, 1.82) is 0 Å². The quantitative estimate of drug-likeness (QED) is 0.834. The molecule has 0 aromatic carbocycles. The number of nitrogens with one attached hydrogen (secondary N) is 1. The van der Waals surface area contributed by atoms with Crippen molar-refractivity contribution in [2.75, 3.05) is 6.54 Å². The van der Waals surface area contributed by atoms with Gasteiger partial charge in [0.1, 0.15) is 0 Å². The highest BCUT2D eigenvalue weighted by Crippen LogP contribution is 2.21. The molecule has 0 amide bonds. The average Bonchev–Trinajstić information content (AvgIpc) is 2.96. The lowest BCUT2D eigenvalue weighted by atomic mass is 10.2. The number of nitrogens with zero attached hydrogens (tertiary/aromatic N) is 2. The fraction of sp³-hybridized carbons (Fsp3) is 0.417. The molecule has 0 aliphatic carbocycles. The lowest BCUT2D eigenvalue weighted by molar-refractivity contribution is 0.481. The Hall–Kier alpha value is -1.13. The van der Waals surface area contributed by atoms with Crippen LogP contribution in [0.2, 0.25) is 0 Å². The van der Waals surface area contributed by atoms with Crippen LogP contribution in [0.15, 0.2) is 36.0 Å². The Balaban J connectivity index is 1.80. The average molecular weight is 235 g/mol. The van der Waals surface area contributed by atoms with E-state index < -0.39 is 0 Å². The monoisotopic (exact) mass is 235 g/mol. The molecule has 3 nitrogen and oxygen atoms in total. The van der Waals surface area contributed by atoms with E-state index in [0.29, 0.717) is 6.04 Å². The fourth-order valence-electron chi connectivity index (χ4n) is 1.72. The molecule has 0 saturated carbocycles. The van der Waals surface area contributed by atoms with Crippen molar-refractivity contribution in [2.24, 2.45) is 0 Å². The third kappa shape index (κ3) is 2.93. The molecular weight excluding hydrogens is 218 g/mol. The first-order valence-corrected chi connectivity index (χ1v) is 6.52. The van der Waals surface area contributed by atoms with Crippen LogP contribution in [0, 0.1) is 0 Å². The Labute approximate surface area is 100 Å². The molecule has 2 heterocycles. The van der Waals surface area contributed by atoms with E-state index in [9.17, 15) is 0 Å². The molecule has 0 spiro atoms. The molecule has 1 atom stereocenters. The minimum atomic E-state index is 0.482. The van der Waals surface area contributed by atoms with Gasteiger partial charge in [0.25, 0.3) is 0 Å². The van der Waals surface area contributed by atoms with Crippen LogP contribution in [0.5, 0.6) is 0 Å². The van der Waals surface area contributed by atoms with Crippen molar-refractivity contribution in [3.63, 3.8) is 0 Å². The lowest BCUT2D eigenvalue weighted by Crippen LogP contribution is -2.24. The molecule has 86 valence electrons. The number of thiophene rings is 1. The molecule has 2 aromatic heterocycles. The first kappa shape index (κ1) is 11.4. The van der Waals surface area contributed by atoms with E-state index in [2.05, 4.69) is 34.9 Å². The van der Waals surface area contributed by atoms with Gasteiger partial charge >= 0.3 is 0 Å². The molecule has 4 heteroatoms. The first-order valence-electron chi connectivity index (χ1n) is 5.64. The van der Waals surface area contributed by atoms with E-state index in [1.165, 1.54) is 4.88 Å². The smallest absolute Gasteiger partial charge is 0.0534 e. The molecule has 1 N–H and O–H groups in total. The summed E-state index contributed by atoms with van der Waals surface area (Å²) in [4.78, 5) is 1.42. The molecule has 0 aliphatic rings. The molecule has 0 bridgehead atoms. The van der Waals surface area contributed by atoms with Gasteiger partial charge < -0.3 is 5.32 Å². The van der Waals surface area contributed by atoms with Gasteiger partial charge in [-0.25, -0.2) is 0 Å². The third-order valence-corrected chi connectivity index (χ3v) is 3.57. The first-order chi connectivity index (χ1) is 7.90. The Morgan fingerprint density at radius 1 is 1.50 bits per heavy atom. The molecule has 0 fully saturated rings. The lowest BCUT2D eigenvalue weighted by Gasteiger charge is -2.15. The van der Waals surface area contributed by atoms with Gasteiger partial charge in [0.2, 0.25) is 0 Å². The van der Waals surface area contributed by atoms with Crippen molar-refractivity contribution >= 4 is 11.3 Å². The molecule has 0 radical (unpaired) electrons. The predicted molar refractivity (Wildman–Crippen MR) is 67.6 cm³/mol. The van der Waals surface area contributed by atoms with Gasteiger partial charge in [-0.1, -0.05) is 13.0 Å². The molecular formula is C12H17N3S. The highest BCUT2D eigenvalue weighted by Gasteiger charge is 2.08. The third-order valence-electron chi connectivity index (χ3n) is 2.59. The highest BCUT2D eigenvalue weighted by atomic mass is 32.1. The molecule has 1 unspecified atom stereocenters. The molecule has 2 aromatic rings. The van der Waals surface area contributed by atoms with E-state index in [1.54, 1.807) is 0 Å². The number of hydrogen-bond donors (Lipinski definition) is 1. The maximum Gasteiger partial charge on any atom is 0.0534 e. The standard InChI is InChI=1S/C12H17N3S/c1-2-11(12-5-3-10-16-12)13-7-9-15-8-4-6-14-15/h3-6,8,10-11,13H,2,7,9H2,1H3. The zero-order chi connectivity index (χ0) is 11.2. The van der Waals surface area contributed by atoms with Gasteiger partial charge in [-0.15, -0.1) is 11.3 Å². The zero-order valence-electron chi connectivity index (χ0n) is 9.47. The van der Waals surface area contributed by atoms with Crippen LogP contribution in [0.25, 0.3) is 0 Å². The minimum absolute atomic E-state index is 0.482. The van der Waals surface area contributed by atoms with Crippen LogP contribution in [0.3, 0.4) is 0 Å². The maximum absolute atomic E-state index is 4.18. The van der Waals surface area contributed by atoms with Gasteiger partial charge in [-0.3, -0.25) is 4.68 Å². The van der Waals surface area contributed by atoms with Crippen LogP contribution >= 0.6 is 11.3 Å². The summed E-state index contributed by atoms with van der Waals surface area (Å²) < 4.78 is 1.95. The van der Waals surface area contributed by atoms with Crippen molar-refractivity contribution in [1.82, 2.24) is 15.1 Å². The van der Waals surface area contributed by atoms with E-state index in [4.69, 9.17) is 0 Å². The summed E-state index contributed by atoms with van der Waals surface area (Å²) in [5, 5.41) is 9.87. The van der Waals surface area contributed by atoms with Gasteiger partial charge in [-0.05, 0) is 23.9 Å². The van der Waals surface area contributed by atoms with Gasteiger partial charge in [0.15, 0.2) is 0 Å². The number of aromatic nitrogens is 2. The second kappa shape index (κ2) is 5.82. The Morgan fingerprint density at radius 2 is 2.44 bits per heavy atom. The SMILES string of the molecule is CCC(NCCn1cccn1)c1cccs1. The fourth-order valence-corrected chi connectivity index (χ4v) is 2.61. The van der Waals surface area contributed by atoms with Gasteiger partial charge in [0, 0.05) is 29.9 Å². The summed E-state index contributed by atoms with van der Waals surface area (Å²) in [5.74, 6) is 0. The molecule has 0 saturated heterocycles. The molecule has 2 rings (SSSR count). The van der Waals surface area contributed by atoms with Gasteiger partial charge in [-0.2, -0.15) is 5.10 Å². The summed E-state index contributed by atoms with van der Waals surface area (Å²) >= 11 is 1.82. The largest absolute Gasteiger partial charge is 0.307 e. The van der Waals surface area contributed by atoms with E-state index in [0.717, 1.165) is 19.5 Å². The second-order valence-corrected chi connectivity index (χ2v) is 4.68. The van der Waals surface area contributed by atoms with Crippen LogP contribution in [0.4, 0.5) is 0 Å². The van der Waals surface area contributed by atoms with Crippen LogP contribution in [-0.4, -0.2) is 16.3 Å². The van der Waals surface area contributed by atoms with E-state index >= 15 is 0 Å². The maximum atomic E-state index is 4.18. The minimum Gasteiger partial charge on any atom is -0.307 e. The van der Waals surface area contributed by atoms with Crippen molar-refractivity contribution in [3.05, 3.63) is 40.8 Å². The van der Waals surface area contributed by atoms with Crippen LogP contribution in [0.1, 0.15) is 24.3 Å². The van der Waals surface area contributed by atoms with Gasteiger partial charge in [0.05, 0.1) is 6.54 Å². The summed E-state index contributed by atoms with van der Waals surface area (Å²) in [6.45, 7) is 4.10. The highest BCUT2D eigenvalue weighted by molar-refractivity contribution is 7.10. The van der Waals surface area contributed by atoms with Crippen LogP contribution in [-0.2, 0) is 6.54 Å². The summed E-state index contributed by atoms with van der Waals surface area (Å²) in [7, 11) is 0. The molecule has 0 aliphatic heterocycles. The number of rotatable bonds is 6. The summed E-state index contributed by atoms with van der Waals surface area (Å²) in [6, 6.07) is 6.74. The predicted octanol–water partition coefficient (Wildman–Crippen LogP) is 2.69.